The molecule has 2 fully saturated rings. The lowest BCUT2D eigenvalue weighted by Gasteiger charge is -2.37. The van der Waals surface area contributed by atoms with E-state index in [1.807, 2.05) is 27.5 Å². The average molecular weight is 504 g/mol. The van der Waals surface area contributed by atoms with Crippen molar-refractivity contribution in [3.05, 3.63) is 0 Å². The van der Waals surface area contributed by atoms with E-state index in [4.69, 9.17) is 0 Å². The highest BCUT2D eigenvalue weighted by Crippen LogP contribution is 2.32. The molecule has 0 N–H and O–H groups in total. The molecule has 4 nitrogen and oxygen atoms in total. The third kappa shape index (κ3) is 4.28. The van der Waals surface area contributed by atoms with Gasteiger partial charge in [0.25, 0.3) is 0 Å². The van der Waals surface area contributed by atoms with Gasteiger partial charge in [-0.15, -0.1) is 0 Å². The summed E-state index contributed by atoms with van der Waals surface area (Å²) >= 11 is 4.23. The summed E-state index contributed by atoms with van der Waals surface area (Å²) in [4.78, 5) is 25.9. The van der Waals surface area contributed by atoms with Gasteiger partial charge in [-0.1, -0.05) is 0 Å². The summed E-state index contributed by atoms with van der Waals surface area (Å²) in [5.74, 6) is 0.688. The maximum atomic E-state index is 12.5. The summed E-state index contributed by atoms with van der Waals surface area (Å²) in [5, 5.41) is 0. The van der Waals surface area contributed by atoms with Crippen LogP contribution in [0.2, 0.25) is 0 Å². The lowest BCUT2D eigenvalue weighted by atomic mass is 9.82. The van der Waals surface area contributed by atoms with Crippen molar-refractivity contribution in [2.24, 2.45) is 11.8 Å². The molecule has 0 aromatic rings. The number of likely N-dealkylation sites (tertiary alicyclic amines) is 1. The zero-order valence-corrected chi connectivity index (χ0v) is 16.2. The fourth-order valence-electron chi connectivity index (χ4n) is 3.27. The fourth-order valence-corrected chi connectivity index (χ4v) is 4.45. The monoisotopic (exact) mass is 504 g/mol. The number of amides is 1. The quantitative estimate of drug-likeness (QED) is 0.338. The van der Waals surface area contributed by atoms with E-state index in [1.54, 1.807) is 0 Å². The topological polar surface area (TPSA) is 40.6 Å². The van der Waals surface area contributed by atoms with E-state index < -0.39 is 0 Å². The van der Waals surface area contributed by atoms with E-state index in [9.17, 15) is 9.59 Å². The van der Waals surface area contributed by atoms with Gasteiger partial charge in [0.2, 0.25) is 5.91 Å². The predicted molar refractivity (Wildman–Crippen MR) is 95.9 cm³/mol. The standard InChI is InChI=1S/C14H22I2N2O2/c1-17(16)12-6-8-18(9-7-12)14(20)11-4-2-10(3-5-11)13(15)19/h10-12H,2-9H2,1H3. The summed E-state index contributed by atoms with van der Waals surface area (Å²) in [6, 6.07) is 0.604. The molecule has 0 bridgehead atoms. The number of hydrogen-bond acceptors (Lipinski definition) is 3. The molecule has 1 saturated heterocycles. The maximum Gasteiger partial charge on any atom is 0.225 e. The molecule has 0 spiro atoms. The molecule has 6 heteroatoms. The van der Waals surface area contributed by atoms with E-state index in [0.29, 0.717) is 11.9 Å². The molecule has 1 amide bonds. The Balaban J connectivity index is 1.80. The summed E-state index contributed by atoms with van der Waals surface area (Å²) in [6.07, 6.45) is 5.73. The zero-order valence-electron chi connectivity index (χ0n) is 11.9. The average Bonchev–Trinajstić information content (AvgIpc) is 2.46. The highest BCUT2D eigenvalue weighted by molar-refractivity contribution is 14.1. The van der Waals surface area contributed by atoms with Crippen molar-refractivity contribution in [1.29, 1.82) is 0 Å². The Morgan fingerprint density at radius 3 is 1.95 bits per heavy atom. The minimum Gasteiger partial charge on any atom is -0.342 e. The molecule has 114 valence electrons. The number of nitrogens with zero attached hydrogens (tertiary/aromatic N) is 2. The molecule has 2 aliphatic rings. The molecule has 20 heavy (non-hydrogen) atoms. The second-order valence-corrected chi connectivity index (χ2v) is 8.52. The van der Waals surface area contributed by atoms with Crippen LogP contribution in [-0.2, 0) is 9.59 Å². The van der Waals surface area contributed by atoms with Crippen molar-refractivity contribution < 1.29 is 9.59 Å². The largest absolute Gasteiger partial charge is 0.342 e. The number of carbonyl (C=O) groups excluding carboxylic acids is 2. The SMILES string of the molecule is CN(I)C1CCN(C(=O)C2CCC(C(=O)I)CC2)CC1. The second-order valence-electron chi connectivity index (χ2n) is 5.93. The summed E-state index contributed by atoms with van der Waals surface area (Å²) in [5.41, 5.74) is 0. The Morgan fingerprint density at radius 1 is 1.00 bits per heavy atom. The first-order valence-corrected chi connectivity index (χ1v) is 9.40. The normalized spacial score (nSPS) is 28.7. The van der Waals surface area contributed by atoms with Gasteiger partial charge in [0.1, 0.15) is 0 Å². The van der Waals surface area contributed by atoms with Crippen LogP contribution in [0.1, 0.15) is 38.5 Å². The number of piperidine rings is 1. The Bertz CT molecular complexity index is 360. The molecule has 1 heterocycles. The van der Waals surface area contributed by atoms with Gasteiger partial charge in [-0.3, -0.25) is 9.59 Å². The van der Waals surface area contributed by atoms with Gasteiger partial charge in [0.15, 0.2) is 3.79 Å². The van der Waals surface area contributed by atoms with Gasteiger partial charge in [0, 0.05) is 53.8 Å². The van der Waals surface area contributed by atoms with Crippen molar-refractivity contribution in [2.45, 2.75) is 44.6 Å². The van der Waals surface area contributed by atoms with Crippen LogP contribution in [0.5, 0.6) is 0 Å². The van der Waals surface area contributed by atoms with E-state index in [0.717, 1.165) is 51.6 Å². The highest BCUT2D eigenvalue weighted by atomic mass is 127. The molecule has 2 rings (SSSR count). The fraction of sp³-hybridized carbons (Fsp3) is 0.857. The first-order valence-electron chi connectivity index (χ1n) is 7.35. The molecule has 1 aliphatic heterocycles. The minimum atomic E-state index is 0.163. The van der Waals surface area contributed by atoms with Crippen LogP contribution >= 0.6 is 45.5 Å². The van der Waals surface area contributed by atoms with Crippen molar-refractivity contribution in [3.8, 4) is 0 Å². The molecule has 0 unspecified atom stereocenters. The first-order chi connectivity index (χ1) is 9.49. The molecule has 0 radical (unpaired) electrons. The third-order valence-electron chi connectivity index (χ3n) is 4.68. The van der Waals surface area contributed by atoms with Crippen LogP contribution in [0.3, 0.4) is 0 Å². The molecule has 0 aromatic heterocycles. The van der Waals surface area contributed by atoms with E-state index in [-0.39, 0.29) is 15.6 Å². The number of hydrogen-bond donors (Lipinski definition) is 0. The van der Waals surface area contributed by atoms with E-state index in [2.05, 4.69) is 33.0 Å². The van der Waals surface area contributed by atoms with Crippen LogP contribution in [0.4, 0.5) is 0 Å². The lowest BCUT2D eigenvalue weighted by molar-refractivity contribution is -0.138. The summed E-state index contributed by atoms with van der Waals surface area (Å²) < 4.78 is 2.50. The molecule has 0 atom stereocenters. The van der Waals surface area contributed by atoms with Gasteiger partial charge >= 0.3 is 0 Å². The van der Waals surface area contributed by atoms with Gasteiger partial charge in [-0.05, 0) is 68.2 Å². The Hall–Kier alpha value is 0.560. The van der Waals surface area contributed by atoms with Crippen LogP contribution in [0, 0.1) is 11.8 Å². The predicted octanol–water partition coefficient (Wildman–Crippen LogP) is 3.03. The second kappa shape index (κ2) is 7.71. The summed E-state index contributed by atoms with van der Waals surface area (Å²) in [6.45, 7) is 1.78. The van der Waals surface area contributed by atoms with Gasteiger partial charge < -0.3 is 4.90 Å². The van der Waals surface area contributed by atoms with Crippen molar-refractivity contribution in [2.75, 3.05) is 20.1 Å². The van der Waals surface area contributed by atoms with Crippen molar-refractivity contribution in [1.82, 2.24) is 8.01 Å². The van der Waals surface area contributed by atoms with Crippen LogP contribution in [0.25, 0.3) is 0 Å². The Kier molecular flexibility index (Phi) is 6.52. The highest BCUT2D eigenvalue weighted by Gasteiger charge is 2.33. The van der Waals surface area contributed by atoms with Crippen LogP contribution in [0.15, 0.2) is 0 Å². The Labute approximate surface area is 148 Å². The molecule has 1 saturated carbocycles. The van der Waals surface area contributed by atoms with E-state index in [1.165, 1.54) is 0 Å². The zero-order chi connectivity index (χ0) is 14.7. The van der Waals surface area contributed by atoms with Crippen molar-refractivity contribution in [3.63, 3.8) is 0 Å². The number of rotatable bonds is 3. The minimum absolute atomic E-state index is 0.163. The Morgan fingerprint density at radius 2 is 1.50 bits per heavy atom. The van der Waals surface area contributed by atoms with E-state index >= 15 is 0 Å². The maximum absolute atomic E-state index is 12.5. The lowest BCUT2D eigenvalue weighted by Crippen LogP contribution is -2.46. The van der Waals surface area contributed by atoms with Crippen LogP contribution < -0.4 is 0 Å². The number of carbonyl (C=O) groups is 2. The molecular weight excluding hydrogens is 482 g/mol. The van der Waals surface area contributed by atoms with Gasteiger partial charge in [0.05, 0.1) is 0 Å². The smallest absolute Gasteiger partial charge is 0.225 e. The number of halogens is 2. The molecule has 0 aromatic carbocycles. The first kappa shape index (κ1) is 16.9. The van der Waals surface area contributed by atoms with Crippen molar-refractivity contribution >= 4 is 55.2 Å². The van der Waals surface area contributed by atoms with Gasteiger partial charge in [-0.2, -0.15) is 0 Å². The van der Waals surface area contributed by atoms with Gasteiger partial charge in [-0.25, -0.2) is 3.11 Å². The molecular formula is C14H22I2N2O2. The van der Waals surface area contributed by atoms with Crippen LogP contribution in [-0.4, -0.2) is 43.9 Å². The third-order valence-corrected chi connectivity index (χ3v) is 6.35. The summed E-state index contributed by atoms with van der Waals surface area (Å²) in [7, 11) is 2.10. The molecule has 1 aliphatic carbocycles.